The average Bonchev–Trinajstić information content (AvgIpc) is 1.94. The van der Waals surface area contributed by atoms with Gasteiger partial charge in [0.15, 0.2) is 0 Å². The van der Waals surface area contributed by atoms with Gasteiger partial charge in [-0.25, -0.2) is 0 Å². The molecule has 0 amide bonds. The van der Waals surface area contributed by atoms with E-state index in [-0.39, 0.29) is 0 Å². The Bertz CT molecular complexity index is 227. The molecule has 0 aromatic heterocycles. The lowest BCUT2D eigenvalue weighted by Gasteiger charge is -2.05. The molecule has 0 rings (SSSR count). The first kappa shape index (κ1) is 11.0. The molecule has 0 atom stereocenters. The molecule has 0 unspecified atom stereocenters. The summed E-state index contributed by atoms with van der Waals surface area (Å²) in [6.07, 6.45) is 0. The van der Waals surface area contributed by atoms with Crippen molar-refractivity contribution < 1.29 is 9.84 Å². The van der Waals surface area contributed by atoms with Crippen molar-refractivity contribution in [3.05, 3.63) is 0 Å². The molecule has 0 saturated heterocycles. The van der Waals surface area contributed by atoms with Gasteiger partial charge in [0.2, 0.25) is 0 Å². The van der Waals surface area contributed by atoms with Crippen molar-refractivity contribution in [1.29, 1.82) is 0 Å². The number of aliphatic hydroxyl groups is 1. The summed E-state index contributed by atoms with van der Waals surface area (Å²) in [6, 6.07) is 0. The zero-order valence-electron chi connectivity index (χ0n) is 7.77. The van der Waals surface area contributed by atoms with Crippen LogP contribution in [0.3, 0.4) is 0 Å². The molecule has 2 nitrogen and oxygen atoms in total. The standard InChI is InChI=1S/C10H14O2/c1-4-5-8-12-9-6-7-10(2,3)11/h11H,8-9H2,1-3H3. The van der Waals surface area contributed by atoms with Gasteiger partial charge in [-0.3, -0.25) is 0 Å². The fourth-order valence-corrected chi connectivity index (χ4v) is 0.478. The van der Waals surface area contributed by atoms with Crippen LogP contribution in [0, 0.1) is 23.7 Å². The summed E-state index contributed by atoms with van der Waals surface area (Å²) in [4.78, 5) is 0. The van der Waals surface area contributed by atoms with E-state index in [1.54, 1.807) is 20.8 Å². The minimum atomic E-state index is -0.931. The van der Waals surface area contributed by atoms with E-state index in [1.807, 2.05) is 0 Å². The molecule has 1 N–H and O–H groups in total. The molecule has 66 valence electrons. The van der Waals surface area contributed by atoms with Gasteiger partial charge in [0.1, 0.15) is 18.8 Å². The van der Waals surface area contributed by atoms with Crippen LogP contribution in [0.1, 0.15) is 20.8 Å². The van der Waals surface area contributed by atoms with Crippen LogP contribution in [0.5, 0.6) is 0 Å². The van der Waals surface area contributed by atoms with Crippen molar-refractivity contribution in [3.8, 4) is 23.7 Å². The van der Waals surface area contributed by atoms with Gasteiger partial charge < -0.3 is 9.84 Å². The van der Waals surface area contributed by atoms with Crippen molar-refractivity contribution in [1.82, 2.24) is 0 Å². The molecule has 0 bridgehead atoms. The molecule has 0 radical (unpaired) electrons. The second-order valence-electron chi connectivity index (χ2n) is 2.78. The Morgan fingerprint density at radius 3 is 2.33 bits per heavy atom. The van der Waals surface area contributed by atoms with E-state index in [1.165, 1.54) is 0 Å². The lowest BCUT2D eigenvalue weighted by Crippen LogP contribution is -2.14. The van der Waals surface area contributed by atoms with Crippen LogP contribution in [0.2, 0.25) is 0 Å². The van der Waals surface area contributed by atoms with Gasteiger partial charge in [-0.1, -0.05) is 17.8 Å². The highest BCUT2D eigenvalue weighted by Crippen LogP contribution is 1.95. The predicted octanol–water partition coefficient (Wildman–Crippen LogP) is 0.801. The average molecular weight is 166 g/mol. The molecule has 0 fully saturated rings. The minimum Gasteiger partial charge on any atom is -0.378 e. The van der Waals surface area contributed by atoms with E-state index in [2.05, 4.69) is 23.7 Å². The summed E-state index contributed by atoms with van der Waals surface area (Å²) in [7, 11) is 0. The highest BCUT2D eigenvalue weighted by molar-refractivity contribution is 5.10. The Balaban J connectivity index is 3.51. The van der Waals surface area contributed by atoms with Crippen molar-refractivity contribution in [2.24, 2.45) is 0 Å². The topological polar surface area (TPSA) is 29.5 Å². The predicted molar refractivity (Wildman–Crippen MR) is 48.3 cm³/mol. The number of hydrogen-bond donors (Lipinski definition) is 1. The monoisotopic (exact) mass is 166 g/mol. The quantitative estimate of drug-likeness (QED) is 0.485. The SMILES string of the molecule is CC#CCOCC#CC(C)(C)O. The lowest BCUT2D eigenvalue weighted by atomic mass is 10.1. The van der Waals surface area contributed by atoms with Gasteiger partial charge >= 0.3 is 0 Å². The zero-order chi connectivity index (χ0) is 9.45. The van der Waals surface area contributed by atoms with E-state index in [9.17, 15) is 0 Å². The third-order valence-corrected chi connectivity index (χ3v) is 0.920. The summed E-state index contributed by atoms with van der Waals surface area (Å²) in [6.45, 7) is 5.74. The van der Waals surface area contributed by atoms with Gasteiger partial charge in [0.05, 0.1) is 0 Å². The van der Waals surface area contributed by atoms with Crippen LogP contribution in [-0.2, 0) is 4.74 Å². The molecule has 0 aromatic rings. The van der Waals surface area contributed by atoms with E-state index in [0.29, 0.717) is 13.2 Å². The molecule has 0 saturated carbocycles. The summed E-state index contributed by atoms with van der Waals surface area (Å²) >= 11 is 0. The maximum Gasteiger partial charge on any atom is 0.120 e. The van der Waals surface area contributed by atoms with Crippen LogP contribution in [0.15, 0.2) is 0 Å². The molecular formula is C10H14O2. The van der Waals surface area contributed by atoms with Gasteiger partial charge in [0, 0.05) is 0 Å². The first-order valence-electron chi connectivity index (χ1n) is 3.76. The molecule has 12 heavy (non-hydrogen) atoms. The molecule has 0 aliphatic carbocycles. The third-order valence-electron chi connectivity index (χ3n) is 0.920. The Morgan fingerprint density at radius 2 is 1.83 bits per heavy atom. The lowest BCUT2D eigenvalue weighted by molar-refractivity contribution is 0.142. The number of rotatable bonds is 2. The molecular weight excluding hydrogens is 152 g/mol. The molecule has 0 heterocycles. The number of hydrogen-bond acceptors (Lipinski definition) is 2. The first-order valence-corrected chi connectivity index (χ1v) is 3.76. The van der Waals surface area contributed by atoms with Crippen LogP contribution < -0.4 is 0 Å². The highest BCUT2D eigenvalue weighted by atomic mass is 16.5. The van der Waals surface area contributed by atoms with Crippen molar-refractivity contribution >= 4 is 0 Å². The first-order chi connectivity index (χ1) is 5.56. The van der Waals surface area contributed by atoms with Crippen LogP contribution in [0.25, 0.3) is 0 Å². The second-order valence-corrected chi connectivity index (χ2v) is 2.78. The van der Waals surface area contributed by atoms with Gasteiger partial charge in [0.25, 0.3) is 0 Å². The van der Waals surface area contributed by atoms with Crippen molar-refractivity contribution in [2.45, 2.75) is 26.4 Å². The second kappa shape index (κ2) is 5.66. The Morgan fingerprint density at radius 1 is 1.25 bits per heavy atom. The highest BCUT2D eigenvalue weighted by Gasteiger charge is 2.04. The van der Waals surface area contributed by atoms with E-state index in [0.717, 1.165) is 0 Å². The molecule has 0 aliphatic rings. The minimum absolute atomic E-state index is 0.318. The summed E-state index contributed by atoms with van der Waals surface area (Å²) in [5.74, 6) is 10.8. The smallest absolute Gasteiger partial charge is 0.120 e. The summed E-state index contributed by atoms with van der Waals surface area (Å²) < 4.78 is 5.01. The van der Waals surface area contributed by atoms with Crippen molar-refractivity contribution in [2.75, 3.05) is 13.2 Å². The largest absolute Gasteiger partial charge is 0.378 e. The summed E-state index contributed by atoms with van der Waals surface area (Å²) in [5.41, 5.74) is -0.931. The van der Waals surface area contributed by atoms with Crippen molar-refractivity contribution in [3.63, 3.8) is 0 Å². The van der Waals surface area contributed by atoms with E-state index >= 15 is 0 Å². The fraction of sp³-hybridized carbons (Fsp3) is 0.600. The Hall–Kier alpha value is -0.960. The van der Waals surface area contributed by atoms with E-state index in [4.69, 9.17) is 9.84 Å². The Kier molecular flexibility index (Phi) is 5.21. The maximum absolute atomic E-state index is 9.16. The molecule has 2 heteroatoms. The molecule has 0 spiro atoms. The third kappa shape index (κ3) is 9.04. The van der Waals surface area contributed by atoms with E-state index < -0.39 is 5.60 Å². The maximum atomic E-state index is 9.16. The fourth-order valence-electron chi connectivity index (χ4n) is 0.478. The number of ether oxygens (including phenoxy) is 1. The Labute approximate surface area is 73.9 Å². The van der Waals surface area contributed by atoms with Crippen LogP contribution in [-0.4, -0.2) is 23.9 Å². The van der Waals surface area contributed by atoms with Gasteiger partial charge in [-0.2, -0.15) is 0 Å². The van der Waals surface area contributed by atoms with Crippen LogP contribution >= 0.6 is 0 Å². The van der Waals surface area contributed by atoms with Gasteiger partial charge in [-0.05, 0) is 20.8 Å². The van der Waals surface area contributed by atoms with Crippen LogP contribution in [0.4, 0.5) is 0 Å². The summed E-state index contributed by atoms with van der Waals surface area (Å²) in [5, 5.41) is 9.16. The molecule has 0 aliphatic heterocycles. The van der Waals surface area contributed by atoms with Gasteiger partial charge in [-0.15, -0.1) is 5.92 Å². The molecule has 0 aromatic carbocycles. The zero-order valence-corrected chi connectivity index (χ0v) is 7.77. The normalized spacial score (nSPS) is 9.33.